The molecule has 0 saturated heterocycles. The summed E-state index contributed by atoms with van der Waals surface area (Å²) in [6.07, 6.45) is 3.24. The van der Waals surface area contributed by atoms with E-state index in [1.54, 1.807) is 27.0 Å². The van der Waals surface area contributed by atoms with E-state index in [9.17, 15) is 33.1 Å². The molecule has 13 nitrogen and oxygen atoms in total. The first-order valence-electron chi connectivity index (χ1n) is 17.3. The van der Waals surface area contributed by atoms with Crippen molar-refractivity contribution in [1.82, 2.24) is 30.2 Å². The molecule has 0 fully saturated rings. The molecule has 0 radical (unpaired) electrons. The summed E-state index contributed by atoms with van der Waals surface area (Å²) in [4.78, 5) is 52.0. The normalized spacial score (nSPS) is 14.1. The van der Waals surface area contributed by atoms with Crippen molar-refractivity contribution in [2.75, 3.05) is 32.8 Å². The van der Waals surface area contributed by atoms with E-state index in [4.69, 9.17) is 15.3 Å². The number of rotatable bonds is 14. The summed E-state index contributed by atoms with van der Waals surface area (Å²) in [7, 11) is 0. The van der Waals surface area contributed by atoms with Gasteiger partial charge in [-0.15, -0.1) is 0 Å². The second-order valence-corrected chi connectivity index (χ2v) is 14.5. The fourth-order valence-corrected chi connectivity index (χ4v) is 5.91. The number of hydrogen-bond acceptors (Lipinski definition) is 8. The van der Waals surface area contributed by atoms with E-state index in [2.05, 4.69) is 10.6 Å². The molecule has 2 aromatic carbocycles. The number of carbonyl (C=O) groups is 4. The lowest BCUT2D eigenvalue weighted by Gasteiger charge is -2.39. The number of nitrogens with zero attached hydrogens (tertiary/aromatic N) is 4. The third-order valence-electron chi connectivity index (χ3n) is 8.30. The Morgan fingerprint density at radius 1 is 0.925 bits per heavy atom. The molecule has 5 N–H and O–H groups in total. The Balaban J connectivity index is 0.00000180. The number of aromatic nitrogens is 2. The summed E-state index contributed by atoms with van der Waals surface area (Å²) in [5, 5.41) is 36.4. The molecule has 0 unspecified atom stereocenters. The van der Waals surface area contributed by atoms with E-state index in [1.165, 1.54) is 4.68 Å². The first-order chi connectivity index (χ1) is 24.9. The predicted octanol–water partition coefficient (Wildman–Crippen LogP) is 3.97. The van der Waals surface area contributed by atoms with E-state index >= 15 is 0 Å². The van der Waals surface area contributed by atoms with Crippen LogP contribution in [0.15, 0.2) is 66.9 Å². The minimum absolute atomic E-state index is 0.0413. The number of carbonyl (C=O) groups excluding carboxylic acids is 3. The molecule has 0 bridgehead atoms. The fourth-order valence-electron chi connectivity index (χ4n) is 5.91. The molecule has 2 atom stereocenters. The van der Waals surface area contributed by atoms with Crippen molar-refractivity contribution in [2.45, 2.75) is 72.0 Å². The number of hydrogen-bond donors (Lipinski definition) is 5. The van der Waals surface area contributed by atoms with Gasteiger partial charge in [-0.3, -0.25) is 24.2 Å². The number of nitrogens with one attached hydrogen (secondary N) is 2. The van der Waals surface area contributed by atoms with Gasteiger partial charge in [-0.2, -0.15) is 5.10 Å². The third-order valence-corrected chi connectivity index (χ3v) is 8.30. The van der Waals surface area contributed by atoms with Crippen LogP contribution in [0.1, 0.15) is 70.8 Å². The highest BCUT2D eigenvalue weighted by Crippen LogP contribution is 2.35. The van der Waals surface area contributed by atoms with Gasteiger partial charge in [0.1, 0.15) is 23.4 Å². The second kappa shape index (κ2) is 18.7. The van der Waals surface area contributed by atoms with Crippen molar-refractivity contribution >= 4 is 23.8 Å². The predicted molar refractivity (Wildman–Crippen MR) is 194 cm³/mol. The van der Waals surface area contributed by atoms with Crippen LogP contribution in [0.25, 0.3) is 5.69 Å². The topological polar surface area (TPSA) is 177 Å². The summed E-state index contributed by atoms with van der Waals surface area (Å²) in [6.45, 7) is 10.9. The molecule has 0 saturated carbocycles. The Morgan fingerprint density at radius 3 is 2.09 bits per heavy atom. The monoisotopic (exact) mass is 740 g/mol. The SMILES string of the molecule is CC(C)(C)[C@@H](NCC[C@@H](C(=O)NCCN1C(=O)C=CC1=O)N(C(=O)O)C(C)(C)C)c1nn(-c2cc(F)ccc2F)cc1Cc1ccccc1.OCCO. The van der Waals surface area contributed by atoms with Gasteiger partial charge in [0.05, 0.1) is 24.9 Å². The number of amides is 4. The molecule has 1 aromatic heterocycles. The standard InChI is InChI=1S/C36H44F2N6O5.C2H6O2/c1-35(2,3)32(31-24(20-23-10-8-7-9-11-23)22-43(41-31)28-21-25(37)12-13-26(28)38)39-17-16-27(44(34(48)49)36(4,5)6)33(47)40-18-19-42-29(45)14-15-30(42)46;3-1-2-4/h7-15,21-22,27,32,39H,16-20H2,1-6H3,(H,40,47)(H,48,49);3-4H,1-2H2/t27-,32-;/m0./s1. The smallest absolute Gasteiger partial charge is 0.408 e. The minimum Gasteiger partial charge on any atom is -0.465 e. The molecule has 4 amide bonds. The molecule has 288 valence electrons. The van der Waals surface area contributed by atoms with Crippen molar-refractivity contribution in [1.29, 1.82) is 0 Å². The lowest BCUT2D eigenvalue weighted by Crippen LogP contribution is -2.58. The first-order valence-corrected chi connectivity index (χ1v) is 17.3. The van der Waals surface area contributed by atoms with Crippen LogP contribution in [0.4, 0.5) is 13.6 Å². The van der Waals surface area contributed by atoms with Crippen molar-refractivity contribution in [3.8, 4) is 5.69 Å². The number of imide groups is 1. The second-order valence-electron chi connectivity index (χ2n) is 14.5. The van der Waals surface area contributed by atoms with Gasteiger partial charge in [0, 0.05) is 49.5 Å². The van der Waals surface area contributed by atoms with Crippen molar-refractivity contribution in [3.63, 3.8) is 0 Å². The molecule has 1 aliphatic heterocycles. The van der Waals surface area contributed by atoms with Crippen LogP contribution >= 0.6 is 0 Å². The van der Waals surface area contributed by atoms with E-state index < -0.39 is 58.5 Å². The molecule has 3 aromatic rings. The van der Waals surface area contributed by atoms with Crippen LogP contribution in [0.3, 0.4) is 0 Å². The summed E-state index contributed by atoms with van der Waals surface area (Å²) >= 11 is 0. The average molecular weight is 741 g/mol. The van der Waals surface area contributed by atoms with Gasteiger partial charge in [-0.1, -0.05) is 51.1 Å². The number of aliphatic hydroxyl groups is 2. The zero-order chi connectivity index (χ0) is 39.5. The number of benzene rings is 2. The van der Waals surface area contributed by atoms with Gasteiger partial charge in [-0.25, -0.2) is 18.3 Å². The summed E-state index contributed by atoms with van der Waals surface area (Å²) in [5.74, 6) is -2.78. The molecule has 1 aliphatic rings. The highest BCUT2D eigenvalue weighted by Gasteiger charge is 2.38. The molecular formula is C38H50F2N6O7. The third kappa shape index (κ3) is 11.8. The molecule has 53 heavy (non-hydrogen) atoms. The van der Waals surface area contributed by atoms with Crippen molar-refractivity contribution in [3.05, 3.63) is 95.3 Å². The summed E-state index contributed by atoms with van der Waals surface area (Å²) < 4.78 is 30.4. The average Bonchev–Trinajstić information content (AvgIpc) is 3.63. The molecule has 4 rings (SSSR count). The van der Waals surface area contributed by atoms with Crippen LogP contribution in [-0.4, -0.2) is 103 Å². The molecule has 0 aliphatic carbocycles. The minimum atomic E-state index is -1.28. The van der Waals surface area contributed by atoms with Crippen molar-refractivity contribution < 1.29 is 43.3 Å². The maximum Gasteiger partial charge on any atom is 0.408 e. The van der Waals surface area contributed by atoms with Gasteiger partial charge >= 0.3 is 6.09 Å². The Bertz CT molecular complexity index is 1730. The number of carboxylic acid groups (broad SMARTS) is 1. The van der Waals surface area contributed by atoms with Crippen molar-refractivity contribution in [2.24, 2.45) is 5.41 Å². The Hall–Kier alpha value is -4.99. The van der Waals surface area contributed by atoms with Crippen LogP contribution < -0.4 is 10.6 Å². The van der Waals surface area contributed by atoms with E-state index in [0.29, 0.717) is 12.1 Å². The van der Waals surface area contributed by atoms with Gasteiger partial charge in [0.2, 0.25) is 5.91 Å². The van der Waals surface area contributed by atoms with Crippen LogP contribution in [-0.2, 0) is 20.8 Å². The molecule has 0 spiro atoms. The van der Waals surface area contributed by atoms with E-state index in [-0.39, 0.29) is 45.0 Å². The first kappa shape index (κ1) is 42.4. The van der Waals surface area contributed by atoms with Gasteiger partial charge < -0.3 is 26.0 Å². The highest BCUT2D eigenvalue weighted by atomic mass is 19.1. The van der Waals surface area contributed by atoms with Gasteiger partial charge in [0.25, 0.3) is 11.8 Å². The Labute approximate surface area is 308 Å². The summed E-state index contributed by atoms with van der Waals surface area (Å²) in [6, 6.07) is 11.3. The maximum atomic E-state index is 14.9. The van der Waals surface area contributed by atoms with Gasteiger partial charge in [0.15, 0.2) is 0 Å². The number of halogens is 2. The Kier molecular flexibility index (Phi) is 14.9. The fraction of sp³-hybridized carbons (Fsp3) is 0.447. The molecular weight excluding hydrogens is 690 g/mol. The van der Waals surface area contributed by atoms with E-state index in [0.717, 1.165) is 51.3 Å². The highest BCUT2D eigenvalue weighted by molar-refractivity contribution is 6.12. The largest absolute Gasteiger partial charge is 0.465 e. The lowest BCUT2D eigenvalue weighted by atomic mass is 9.82. The van der Waals surface area contributed by atoms with E-state index in [1.807, 2.05) is 51.1 Å². The number of aliphatic hydroxyl groups excluding tert-OH is 2. The maximum absolute atomic E-state index is 14.9. The van der Waals surface area contributed by atoms with Crippen LogP contribution in [0.2, 0.25) is 0 Å². The molecule has 2 heterocycles. The summed E-state index contributed by atoms with van der Waals surface area (Å²) in [5.41, 5.74) is 0.906. The van der Waals surface area contributed by atoms with Gasteiger partial charge in [-0.05, 0) is 62.4 Å². The zero-order valence-electron chi connectivity index (χ0n) is 31.0. The molecule has 15 heteroatoms. The lowest BCUT2D eigenvalue weighted by molar-refractivity contribution is -0.137. The van der Waals surface area contributed by atoms with Crippen LogP contribution in [0, 0.1) is 17.0 Å². The van der Waals surface area contributed by atoms with Crippen LogP contribution in [0.5, 0.6) is 0 Å². The quantitative estimate of drug-likeness (QED) is 0.153. The Morgan fingerprint density at radius 2 is 1.55 bits per heavy atom. The zero-order valence-corrected chi connectivity index (χ0v) is 31.0.